The summed E-state index contributed by atoms with van der Waals surface area (Å²) in [5.74, 6) is 1.26. The van der Waals surface area contributed by atoms with E-state index in [1.807, 2.05) is 31.4 Å². The minimum atomic E-state index is -1.19. The maximum atomic E-state index is 12.3. The Morgan fingerprint density at radius 1 is 1.00 bits per heavy atom. The van der Waals surface area contributed by atoms with Gasteiger partial charge in [-0.25, -0.2) is 9.78 Å². The predicted molar refractivity (Wildman–Crippen MR) is 168 cm³/mol. The minimum Gasteiger partial charge on any atom is -0.444 e. The summed E-state index contributed by atoms with van der Waals surface area (Å²) in [5, 5.41) is 7.64. The van der Waals surface area contributed by atoms with E-state index < -0.39 is 21.7 Å². The van der Waals surface area contributed by atoms with Crippen molar-refractivity contribution in [2.75, 3.05) is 31.6 Å². The number of carbonyl (C=O) groups is 1. The van der Waals surface area contributed by atoms with Crippen LogP contribution in [-0.4, -0.2) is 75.2 Å². The fourth-order valence-corrected chi connectivity index (χ4v) is 6.15. The van der Waals surface area contributed by atoms with Crippen molar-refractivity contribution in [2.45, 2.75) is 115 Å². The first-order valence-electron chi connectivity index (χ1n) is 14.8. The molecule has 1 fully saturated rings. The van der Waals surface area contributed by atoms with Gasteiger partial charge >= 0.3 is 6.09 Å². The average Bonchev–Trinajstić information content (AvgIpc) is 3.29. The molecule has 1 N–H and O–H groups in total. The van der Waals surface area contributed by atoms with Crippen LogP contribution in [-0.2, 0) is 14.2 Å². The Balaban J connectivity index is 1.72. The topological polar surface area (TPSA) is 90.2 Å². The smallest absolute Gasteiger partial charge is 0.407 e. The quantitative estimate of drug-likeness (QED) is 0.157. The molecule has 0 aromatic carbocycles. The molecule has 9 nitrogen and oxygen atoms in total. The molecule has 1 saturated carbocycles. The number of hydrogen-bond acceptors (Lipinski definition) is 7. The fraction of sp³-hybridized carbons (Fsp3) is 0.759. The van der Waals surface area contributed by atoms with Crippen LogP contribution in [0.3, 0.4) is 0 Å². The van der Waals surface area contributed by atoms with E-state index in [4.69, 9.17) is 19.2 Å². The summed E-state index contributed by atoms with van der Waals surface area (Å²) in [6, 6.07) is 6.49. The number of aromatic nitrogens is 3. The summed E-state index contributed by atoms with van der Waals surface area (Å²) >= 11 is 0. The molecule has 1 aliphatic rings. The minimum absolute atomic E-state index is 0.125. The number of alkyl carbamates (subject to hydrolysis) is 1. The van der Waals surface area contributed by atoms with Crippen LogP contribution in [0.15, 0.2) is 18.3 Å². The van der Waals surface area contributed by atoms with Crippen LogP contribution in [0.4, 0.5) is 10.6 Å². The van der Waals surface area contributed by atoms with E-state index in [1.54, 1.807) is 6.20 Å². The summed E-state index contributed by atoms with van der Waals surface area (Å²) in [7, 11) is -2.37. The van der Waals surface area contributed by atoms with Crippen LogP contribution in [0.2, 0.25) is 51.4 Å². The van der Waals surface area contributed by atoms with E-state index in [2.05, 4.69) is 60.7 Å². The zero-order chi connectivity index (χ0) is 29.6. The molecule has 0 spiro atoms. The number of hydrogen-bond donors (Lipinski definition) is 1. The van der Waals surface area contributed by atoms with E-state index in [0.717, 1.165) is 68.1 Å². The van der Waals surface area contributed by atoms with Crippen molar-refractivity contribution in [2.24, 2.45) is 0 Å². The normalized spacial score (nSPS) is 18.6. The van der Waals surface area contributed by atoms with Crippen LogP contribution in [0.25, 0.3) is 5.65 Å². The Kier molecular flexibility index (Phi) is 11.2. The van der Waals surface area contributed by atoms with Gasteiger partial charge in [0.2, 0.25) is 0 Å². The maximum Gasteiger partial charge on any atom is 0.407 e. The molecule has 2 heterocycles. The van der Waals surface area contributed by atoms with Crippen LogP contribution in [0.1, 0.15) is 58.1 Å². The van der Waals surface area contributed by atoms with Crippen molar-refractivity contribution in [3.05, 3.63) is 24.0 Å². The van der Waals surface area contributed by atoms with Crippen LogP contribution < -0.4 is 10.2 Å². The largest absolute Gasteiger partial charge is 0.444 e. The summed E-state index contributed by atoms with van der Waals surface area (Å²) in [6.07, 6.45) is 5.17. The average molecular weight is 592 g/mol. The highest BCUT2D eigenvalue weighted by atomic mass is 28.3. The lowest BCUT2D eigenvalue weighted by Gasteiger charge is -2.31. The zero-order valence-corrected chi connectivity index (χ0v) is 28.4. The number of rotatable bonds is 13. The number of fused-ring (bicyclic) bond motifs is 1. The van der Waals surface area contributed by atoms with Crippen molar-refractivity contribution < 1.29 is 19.0 Å². The van der Waals surface area contributed by atoms with Gasteiger partial charge in [-0.2, -0.15) is 9.61 Å². The summed E-state index contributed by atoms with van der Waals surface area (Å²) in [5.41, 5.74) is 1.40. The number of nitrogens with one attached hydrogen (secondary N) is 1. The summed E-state index contributed by atoms with van der Waals surface area (Å²) in [4.78, 5) is 19.4. The van der Waals surface area contributed by atoms with Gasteiger partial charge in [0.05, 0.1) is 6.20 Å². The molecule has 0 aliphatic heterocycles. The van der Waals surface area contributed by atoms with Crippen molar-refractivity contribution in [1.29, 1.82) is 0 Å². The lowest BCUT2D eigenvalue weighted by molar-refractivity contribution is 0.0491. The van der Waals surface area contributed by atoms with Gasteiger partial charge in [0.15, 0.2) is 5.65 Å². The van der Waals surface area contributed by atoms with Gasteiger partial charge in [0.1, 0.15) is 24.9 Å². The molecule has 1 aliphatic carbocycles. The van der Waals surface area contributed by atoms with Crippen LogP contribution in [0.5, 0.6) is 0 Å². The maximum absolute atomic E-state index is 12.3. The molecular formula is C29H53N5O4Si2. The Bertz CT molecular complexity index is 1060. The van der Waals surface area contributed by atoms with Gasteiger partial charge in [0.25, 0.3) is 0 Å². The standard InChI is InChI=1S/C29H53N5O4Si2/c1-29(2,3)38-28(35)31-24-12-10-23(11-13-24)25-20-27(34-26(32-25)14-15-30-34)33(21-36-16-18-39(4,5)6)22-37-17-19-40(7,8)9/h14-15,20,23-24H,10-13,16-19,21-22H2,1-9H3,(H,31,35)/t23-,24+. The first-order valence-corrected chi connectivity index (χ1v) is 22.3. The number of nitrogens with zero attached hydrogens (tertiary/aromatic N) is 4. The number of anilines is 1. The highest BCUT2D eigenvalue weighted by Gasteiger charge is 2.28. The lowest BCUT2D eigenvalue weighted by Crippen LogP contribution is -2.40. The molecule has 3 rings (SSSR count). The van der Waals surface area contributed by atoms with E-state index in [0.29, 0.717) is 19.4 Å². The molecule has 11 heteroatoms. The van der Waals surface area contributed by atoms with E-state index >= 15 is 0 Å². The molecule has 0 radical (unpaired) electrons. The highest BCUT2D eigenvalue weighted by Crippen LogP contribution is 2.34. The predicted octanol–water partition coefficient (Wildman–Crippen LogP) is 6.71. The Morgan fingerprint density at radius 3 is 2.10 bits per heavy atom. The van der Waals surface area contributed by atoms with E-state index in [1.165, 1.54) is 0 Å². The SMILES string of the molecule is CC(C)(C)OC(=O)N[C@H]1CC[C@@H](c2cc(N(COCC[Si](C)(C)C)COCC[Si](C)(C)C)n3nccc3n2)CC1. The van der Waals surface area contributed by atoms with Crippen molar-refractivity contribution in [3.63, 3.8) is 0 Å². The number of carbonyl (C=O) groups excluding carboxylic acids is 1. The molecule has 0 unspecified atom stereocenters. The first kappa shape index (κ1) is 32.6. The Morgan fingerprint density at radius 2 is 1.57 bits per heavy atom. The van der Waals surface area contributed by atoms with Crippen LogP contribution in [0, 0.1) is 0 Å². The first-order chi connectivity index (χ1) is 18.6. The Labute approximate surface area is 243 Å². The van der Waals surface area contributed by atoms with E-state index in [9.17, 15) is 4.79 Å². The zero-order valence-electron chi connectivity index (χ0n) is 26.4. The molecule has 2 aromatic rings. The summed E-state index contributed by atoms with van der Waals surface area (Å²) < 4.78 is 19.7. The van der Waals surface area contributed by atoms with Crippen molar-refractivity contribution in [3.8, 4) is 0 Å². The number of ether oxygens (including phenoxy) is 3. The Hall–Kier alpha value is -1.96. The van der Waals surface area contributed by atoms with Gasteiger partial charge in [-0.15, -0.1) is 0 Å². The third kappa shape index (κ3) is 11.1. The van der Waals surface area contributed by atoms with Gasteiger partial charge in [-0.05, 0) is 58.5 Å². The monoisotopic (exact) mass is 591 g/mol. The third-order valence-corrected chi connectivity index (χ3v) is 10.4. The van der Waals surface area contributed by atoms with Gasteiger partial charge in [-0.3, -0.25) is 0 Å². The fourth-order valence-electron chi connectivity index (χ4n) is 4.63. The highest BCUT2D eigenvalue weighted by molar-refractivity contribution is 6.76. The van der Waals surface area contributed by atoms with Crippen LogP contribution >= 0.6 is 0 Å². The van der Waals surface area contributed by atoms with Gasteiger partial charge < -0.3 is 24.4 Å². The molecule has 2 aromatic heterocycles. The van der Waals surface area contributed by atoms with E-state index in [-0.39, 0.29) is 12.1 Å². The number of amides is 1. The summed E-state index contributed by atoms with van der Waals surface area (Å²) in [6.45, 7) is 22.3. The second-order valence-corrected chi connectivity index (χ2v) is 25.8. The molecule has 0 saturated heterocycles. The van der Waals surface area contributed by atoms with Gasteiger partial charge in [-0.1, -0.05) is 39.3 Å². The second-order valence-electron chi connectivity index (χ2n) is 14.6. The molecule has 0 bridgehead atoms. The molecule has 226 valence electrons. The van der Waals surface area contributed by atoms with Crippen molar-refractivity contribution >= 4 is 33.7 Å². The molecular weight excluding hydrogens is 539 g/mol. The molecule has 1 amide bonds. The second kappa shape index (κ2) is 13.8. The molecule has 40 heavy (non-hydrogen) atoms. The van der Waals surface area contributed by atoms with Crippen molar-refractivity contribution in [1.82, 2.24) is 19.9 Å². The lowest BCUT2D eigenvalue weighted by atomic mass is 9.84. The van der Waals surface area contributed by atoms with Gasteiger partial charge in [0, 0.05) is 59.1 Å². The third-order valence-electron chi connectivity index (χ3n) is 7.04. The molecule has 0 atom stereocenters.